The van der Waals surface area contributed by atoms with Gasteiger partial charge in [0.15, 0.2) is 0 Å². The van der Waals surface area contributed by atoms with Gasteiger partial charge in [0, 0.05) is 9.79 Å². The van der Waals surface area contributed by atoms with Gasteiger partial charge in [-0.1, -0.05) is 73.8 Å². The molecule has 0 N–H and O–H groups in total. The minimum atomic E-state index is 1.21. The van der Waals surface area contributed by atoms with E-state index in [2.05, 4.69) is 62.4 Å². The van der Waals surface area contributed by atoms with Crippen molar-refractivity contribution in [1.29, 1.82) is 0 Å². The third-order valence-corrected chi connectivity index (χ3v) is 4.61. The zero-order chi connectivity index (χ0) is 14.2. The van der Waals surface area contributed by atoms with E-state index < -0.39 is 0 Å². The standard InChI is InChI=1S/C19H24S/c1-3-4-5-7-10-17-15-16(2)13-14-19(17)20-18-11-8-6-9-12-18/h6,8-9,11-15H,3-5,7,10H2,1-2H3. The van der Waals surface area contributed by atoms with Crippen molar-refractivity contribution in [1.82, 2.24) is 0 Å². The number of aryl methyl sites for hydroxylation is 2. The molecular formula is C19H24S. The van der Waals surface area contributed by atoms with Crippen LogP contribution in [0.2, 0.25) is 0 Å². The molecule has 106 valence electrons. The van der Waals surface area contributed by atoms with Crippen LogP contribution >= 0.6 is 11.8 Å². The maximum atomic E-state index is 2.36. The van der Waals surface area contributed by atoms with Crippen molar-refractivity contribution in [2.75, 3.05) is 0 Å². The van der Waals surface area contributed by atoms with Gasteiger partial charge in [-0.05, 0) is 43.5 Å². The van der Waals surface area contributed by atoms with Gasteiger partial charge in [-0.25, -0.2) is 0 Å². The quantitative estimate of drug-likeness (QED) is 0.540. The molecule has 0 unspecified atom stereocenters. The second-order valence-electron chi connectivity index (χ2n) is 5.34. The topological polar surface area (TPSA) is 0 Å². The SMILES string of the molecule is CCCCCCc1cc(C)ccc1Sc1ccccc1. The van der Waals surface area contributed by atoms with E-state index in [0.29, 0.717) is 0 Å². The molecule has 0 aliphatic rings. The molecule has 0 amide bonds. The summed E-state index contributed by atoms with van der Waals surface area (Å²) < 4.78 is 0. The molecule has 0 radical (unpaired) electrons. The third-order valence-electron chi connectivity index (χ3n) is 3.49. The highest BCUT2D eigenvalue weighted by Crippen LogP contribution is 2.31. The van der Waals surface area contributed by atoms with Crippen LogP contribution in [0.15, 0.2) is 58.3 Å². The lowest BCUT2D eigenvalue weighted by Gasteiger charge is -2.10. The molecule has 2 aromatic carbocycles. The highest BCUT2D eigenvalue weighted by Gasteiger charge is 2.05. The summed E-state index contributed by atoms with van der Waals surface area (Å²) in [6.07, 6.45) is 6.52. The normalized spacial score (nSPS) is 10.7. The van der Waals surface area contributed by atoms with E-state index in [4.69, 9.17) is 0 Å². The molecule has 0 heterocycles. The average molecular weight is 284 g/mol. The summed E-state index contributed by atoms with van der Waals surface area (Å²) in [5.74, 6) is 0. The summed E-state index contributed by atoms with van der Waals surface area (Å²) in [7, 11) is 0. The van der Waals surface area contributed by atoms with E-state index in [1.165, 1.54) is 53.0 Å². The first-order valence-electron chi connectivity index (χ1n) is 7.62. The summed E-state index contributed by atoms with van der Waals surface area (Å²) in [4.78, 5) is 2.74. The van der Waals surface area contributed by atoms with Gasteiger partial charge in [0.1, 0.15) is 0 Å². The monoisotopic (exact) mass is 284 g/mol. The molecule has 0 aromatic heterocycles. The zero-order valence-corrected chi connectivity index (χ0v) is 13.4. The Labute approximate surface area is 127 Å². The number of benzene rings is 2. The first-order chi connectivity index (χ1) is 9.79. The van der Waals surface area contributed by atoms with Crippen molar-refractivity contribution < 1.29 is 0 Å². The molecule has 0 nitrogen and oxygen atoms in total. The Morgan fingerprint density at radius 2 is 1.70 bits per heavy atom. The molecular weight excluding hydrogens is 260 g/mol. The van der Waals surface area contributed by atoms with Crippen LogP contribution in [0.4, 0.5) is 0 Å². The van der Waals surface area contributed by atoms with Crippen LogP contribution < -0.4 is 0 Å². The first-order valence-corrected chi connectivity index (χ1v) is 8.43. The van der Waals surface area contributed by atoms with Gasteiger partial charge in [-0.2, -0.15) is 0 Å². The molecule has 0 saturated carbocycles. The third kappa shape index (κ3) is 4.72. The van der Waals surface area contributed by atoms with Gasteiger partial charge in [0.2, 0.25) is 0 Å². The molecule has 1 heteroatoms. The van der Waals surface area contributed by atoms with Gasteiger partial charge in [0.25, 0.3) is 0 Å². The fourth-order valence-corrected chi connectivity index (χ4v) is 3.34. The van der Waals surface area contributed by atoms with Crippen LogP contribution in [0.1, 0.15) is 43.7 Å². The van der Waals surface area contributed by atoms with E-state index in [9.17, 15) is 0 Å². The van der Waals surface area contributed by atoms with Crippen molar-refractivity contribution in [3.05, 3.63) is 59.7 Å². The lowest BCUT2D eigenvalue weighted by atomic mass is 10.0. The molecule has 0 fully saturated rings. The Hall–Kier alpha value is -1.21. The van der Waals surface area contributed by atoms with Gasteiger partial charge >= 0.3 is 0 Å². The largest absolute Gasteiger partial charge is 0.0898 e. The maximum Gasteiger partial charge on any atom is 0.0154 e. The van der Waals surface area contributed by atoms with Crippen molar-refractivity contribution in [2.24, 2.45) is 0 Å². The Balaban J connectivity index is 2.07. The predicted octanol–water partition coefficient (Wildman–Crippen LogP) is 6.27. The summed E-state index contributed by atoms with van der Waals surface area (Å²) in [5, 5.41) is 0. The van der Waals surface area contributed by atoms with Crippen molar-refractivity contribution in [2.45, 2.75) is 55.7 Å². The number of hydrogen-bond donors (Lipinski definition) is 0. The van der Waals surface area contributed by atoms with E-state index in [1.54, 1.807) is 0 Å². The number of unbranched alkanes of at least 4 members (excludes halogenated alkanes) is 3. The molecule has 0 spiro atoms. The summed E-state index contributed by atoms with van der Waals surface area (Å²) in [6, 6.07) is 17.5. The van der Waals surface area contributed by atoms with Crippen LogP contribution in [0, 0.1) is 6.92 Å². The van der Waals surface area contributed by atoms with Gasteiger partial charge in [-0.3, -0.25) is 0 Å². The summed E-state index contributed by atoms with van der Waals surface area (Å²) >= 11 is 1.89. The van der Waals surface area contributed by atoms with E-state index in [-0.39, 0.29) is 0 Å². The van der Waals surface area contributed by atoms with Crippen LogP contribution in [0.25, 0.3) is 0 Å². The summed E-state index contributed by atoms with van der Waals surface area (Å²) in [6.45, 7) is 4.45. The lowest BCUT2D eigenvalue weighted by Crippen LogP contribution is -1.91. The van der Waals surface area contributed by atoms with Gasteiger partial charge in [0.05, 0.1) is 0 Å². The Kier molecular flexibility index (Phi) is 6.20. The Morgan fingerprint density at radius 1 is 0.900 bits per heavy atom. The maximum absolute atomic E-state index is 2.36. The van der Waals surface area contributed by atoms with Crippen LogP contribution in [-0.2, 0) is 6.42 Å². The van der Waals surface area contributed by atoms with Gasteiger partial charge in [-0.15, -0.1) is 0 Å². The minimum Gasteiger partial charge on any atom is -0.0898 e. The van der Waals surface area contributed by atoms with E-state index >= 15 is 0 Å². The zero-order valence-electron chi connectivity index (χ0n) is 12.6. The highest BCUT2D eigenvalue weighted by molar-refractivity contribution is 7.99. The fraction of sp³-hybridized carbons (Fsp3) is 0.368. The first kappa shape index (κ1) is 15.2. The Bertz CT molecular complexity index is 517. The van der Waals surface area contributed by atoms with Crippen LogP contribution in [0.5, 0.6) is 0 Å². The van der Waals surface area contributed by atoms with Crippen LogP contribution in [-0.4, -0.2) is 0 Å². The molecule has 0 aliphatic carbocycles. The van der Waals surface area contributed by atoms with Crippen molar-refractivity contribution in [3.8, 4) is 0 Å². The highest BCUT2D eigenvalue weighted by atomic mass is 32.2. The second kappa shape index (κ2) is 8.16. The molecule has 0 saturated heterocycles. The second-order valence-corrected chi connectivity index (χ2v) is 6.45. The van der Waals surface area contributed by atoms with E-state index in [0.717, 1.165) is 0 Å². The predicted molar refractivity (Wildman–Crippen MR) is 89.6 cm³/mol. The van der Waals surface area contributed by atoms with Crippen molar-refractivity contribution in [3.63, 3.8) is 0 Å². The summed E-state index contributed by atoms with van der Waals surface area (Å²) in [5.41, 5.74) is 2.88. The molecule has 0 aliphatic heterocycles. The number of rotatable bonds is 7. The minimum absolute atomic E-state index is 1.21. The Morgan fingerprint density at radius 3 is 2.45 bits per heavy atom. The molecule has 2 rings (SSSR count). The van der Waals surface area contributed by atoms with Crippen molar-refractivity contribution >= 4 is 11.8 Å². The van der Waals surface area contributed by atoms with E-state index in [1.807, 2.05) is 11.8 Å². The van der Waals surface area contributed by atoms with Crippen LogP contribution in [0.3, 0.4) is 0 Å². The smallest absolute Gasteiger partial charge is 0.0154 e. The fourth-order valence-electron chi connectivity index (χ4n) is 2.36. The molecule has 20 heavy (non-hydrogen) atoms. The molecule has 0 atom stereocenters. The van der Waals surface area contributed by atoms with Gasteiger partial charge < -0.3 is 0 Å². The average Bonchev–Trinajstić information content (AvgIpc) is 2.47. The molecule has 0 bridgehead atoms. The number of hydrogen-bond acceptors (Lipinski definition) is 1. The lowest BCUT2D eigenvalue weighted by molar-refractivity contribution is 0.663. The molecule has 2 aromatic rings.